The maximum Gasteiger partial charge on any atom is 0.274 e. The van der Waals surface area contributed by atoms with E-state index >= 15 is 0 Å². The topological polar surface area (TPSA) is 169 Å². The van der Waals surface area contributed by atoms with Crippen molar-refractivity contribution in [2.45, 2.75) is 45.3 Å². The molecule has 2 heterocycles. The maximum atomic E-state index is 13.7. The van der Waals surface area contributed by atoms with Gasteiger partial charge in [0.05, 0.1) is 29.8 Å². The first kappa shape index (κ1) is 29.0. The Balaban J connectivity index is 1.47. The summed E-state index contributed by atoms with van der Waals surface area (Å²) in [5.74, 6) is -2.09. The van der Waals surface area contributed by atoms with E-state index in [9.17, 15) is 18.8 Å². The second kappa shape index (κ2) is 12.9. The fourth-order valence-electron chi connectivity index (χ4n) is 3.96. The van der Waals surface area contributed by atoms with Crippen LogP contribution in [0.3, 0.4) is 0 Å². The zero-order chi connectivity index (χ0) is 29.5. The molecule has 2 atom stereocenters. The molecule has 2 aromatic heterocycles. The third-order valence-corrected chi connectivity index (χ3v) is 6.32. The number of aromatic nitrogens is 4. The maximum absolute atomic E-state index is 13.7. The number of nitrogens with zero attached hydrogens (tertiary/aromatic N) is 5. The van der Waals surface area contributed by atoms with Crippen LogP contribution in [-0.4, -0.2) is 31.9 Å². The quantitative estimate of drug-likeness (QED) is 0.225. The number of carbonyl (C=O) groups excluding carboxylic acids is 1. The average Bonchev–Trinajstić information content (AvgIpc) is 2.97. The van der Waals surface area contributed by atoms with E-state index in [2.05, 4.69) is 30.6 Å². The van der Waals surface area contributed by atoms with E-state index in [0.29, 0.717) is 35.7 Å². The van der Waals surface area contributed by atoms with Crippen molar-refractivity contribution in [2.24, 2.45) is 5.73 Å². The van der Waals surface area contributed by atoms with Gasteiger partial charge in [0.25, 0.3) is 5.91 Å². The minimum atomic E-state index is -1.02. The van der Waals surface area contributed by atoms with Crippen molar-refractivity contribution in [3.63, 3.8) is 0 Å². The molecule has 6 N–H and O–H groups in total. The van der Waals surface area contributed by atoms with Crippen molar-refractivity contribution in [3.05, 3.63) is 94.7 Å². The number of anilines is 2. The summed E-state index contributed by atoms with van der Waals surface area (Å²) in [6.07, 6.45) is 4.25. The summed E-state index contributed by atoms with van der Waals surface area (Å²) in [5, 5.41) is 15.0. The lowest BCUT2D eigenvalue weighted by Crippen LogP contribution is -2.29. The smallest absolute Gasteiger partial charge is 0.274 e. The van der Waals surface area contributed by atoms with Gasteiger partial charge in [0.1, 0.15) is 11.9 Å². The van der Waals surface area contributed by atoms with E-state index in [-0.39, 0.29) is 23.2 Å². The standard InChI is InChI=1S/C29H29F2N9O/c1-16(33)3-10-24-27(34)35-15-25(40-24)19-6-4-18(5-7-19)13-36-28-26(39-21(12-32)14-37-28)29(41)38-17(2)20-8-9-22(30)23(31)11-20/h4-9,11,14-17H,3,10,13,33H2,1-2H3,(H2,34,35)(H,36,37)(H,38,41)/t16?,17-/m0/s1. The summed E-state index contributed by atoms with van der Waals surface area (Å²) in [6.45, 7) is 3.84. The van der Waals surface area contributed by atoms with Crippen LogP contribution < -0.4 is 22.1 Å². The number of carbonyl (C=O) groups is 1. The Morgan fingerprint density at radius 2 is 1.80 bits per heavy atom. The molecule has 0 bridgehead atoms. The minimum absolute atomic E-state index is 0.0294. The highest BCUT2D eigenvalue weighted by Crippen LogP contribution is 2.22. The molecule has 10 nitrogen and oxygen atoms in total. The Labute approximate surface area is 235 Å². The van der Waals surface area contributed by atoms with Gasteiger partial charge in [0.2, 0.25) is 0 Å². The van der Waals surface area contributed by atoms with Crippen LogP contribution in [0.1, 0.15) is 59.3 Å². The SMILES string of the molecule is CC(N)CCc1nc(-c2ccc(CNc3ncc(C#N)nc3C(=O)N[C@@H](C)c3ccc(F)c(F)c3)cc2)cnc1N. The Morgan fingerprint density at radius 1 is 1.05 bits per heavy atom. The molecule has 1 amide bonds. The zero-order valence-electron chi connectivity index (χ0n) is 22.5. The predicted molar refractivity (Wildman–Crippen MR) is 150 cm³/mol. The summed E-state index contributed by atoms with van der Waals surface area (Å²) < 4.78 is 27.0. The summed E-state index contributed by atoms with van der Waals surface area (Å²) in [7, 11) is 0. The monoisotopic (exact) mass is 557 g/mol. The molecule has 12 heteroatoms. The van der Waals surface area contributed by atoms with E-state index in [1.165, 1.54) is 12.3 Å². The van der Waals surface area contributed by atoms with Crippen molar-refractivity contribution >= 4 is 17.5 Å². The van der Waals surface area contributed by atoms with Gasteiger partial charge in [-0.05, 0) is 49.9 Å². The zero-order valence-corrected chi connectivity index (χ0v) is 22.5. The van der Waals surface area contributed by atoms with Crippen LogP contribution in [0.25, 0.3) is 11.3 Å². The highest BCUT2D eigenvalue weighted by molar-refractivity contribution is 5.97. The third kappa shape index (κ3) is 7.34. The van der Waals surface area contributed by atoms with Crippen LogP contribution in [0, 0.1) is 23.0 Å². The normalized spacial score (nSPS) is 12.3. The van der Waals surface area contributed by atoms with Crippen LogP contribution in [0.2, 0.25) is 0 Å². The average molecular weight is 558 g/mol. The van der Waals surface area contributed by atoms with E-state index in [0.717, 1.165) is 29.7 Å². The van der Waals surface area contributed by atoms with Gasteiger partial charge in [-0.3, -0.25) is 4.79 Å². The van der Waals surface area contributed by atoms with E-state index in [1.54, 1.807) is 13.1 Å². The predicted octanol–water partition coefficient (Wildman–Crippen LogP) is 4.05. The van der Waals surface area contributed by atoms with Gasteiger partial charge >= 0.3 is 0 Å². The molecule has 0 radical (unpaired) electrons. The molecule has 210 valence electrons. The first-order valence-electron chi connectivity index (χ1n) is 12.9. The molecule has 0 fully saturated rings. The Bertz CT molecular complexity index is 1590. The number of amides is 1. The number of halogens is 2. The molecular formula is C29H29F2N9O. The lowest BCUT2D eigenvalue weighted by Gasteiger charge is -2.16. The summed E-state index contributed by atoms with van der Waals surface area (Å²) in [5.41, 5.74) is 15.2. The minimum Gasteiger partial charge on any atom is -0.382 e. The fourth-order valence-corrected chi connectivity index (χ4v) is 3.96. The number of hydrogen-bond acceptors (Lipinski definition) is 9. The molecule has 4 aromatic rings. The molecule has 0 saturated heterocycles. The van der Waals surface area contributed by atoms with Gasteiger partial charge in [0, 0.05) is 18.2 Å². The summed E-state index contributed by atoms with van der Waals surface area (Å²) in [6, 6.07) is 12.2. The first-order chi connectivity index (χ1) is 19.6. The molecule has 41 heavy (non-hydrogen) atoms. The molecule has 2 aromatic carbocycles. The van der Waals surface area contributed by atoms with Crippen molar-refractivity contribution in [1.82, 2.24) is 25.3 Å². The van der Waals surface area contributed by atoms with Crippen LogP contribution in [0.5, 0.6) is 0 Å². The number of nitrogens with two attached hydrogens (primary N) is 2. The molecule has 1 unspecified atom stereocenters. The number of rotatable bonds is 10. The van der Waals surface area contributed by atoms with Crippen molar-refractivity contribution in [1.29, 1.82) is 5.26 Å². The number of nitriles is 1. The molecule has 0 spiro atoms. The van der Waals surface area contributed by atoms with Crippen LogP contribution in [0.15, 0.2) is 54.9 Å². The Hall–Kier alpha value is -5.02. The Morgan fingerprint density at radius 3 is 2.49 bits per heavy atom. The lowest BCUT2D eigenvalue weighted by atomic mass is 10.1. The summed E-state index contributed by atoms with van der Waals surface area (Å²) >= 11 is 0. The highest BCUT2D eigenvalue weighted by Gasteiger charge is 2.20. The number of nitrogen functional groups attached to an aromatic ring is 1. The number of benzene rings is 2. The van der Waals surface area contributed by atoms with Crippen LogP contribution in [-0.2, 0) is 13.0 Å². The van der Waals surface area contributed by atoms with Crippen LogP contribution >= 0.6 is 0 Å². The van der Waals surface area contributed by atoms with Gasteiger partial charge in [-0.15, -0.1) is 0 Å². The molecular weight excluding hydrogens is 528 g/mol. The van der Waals surface area contributed by atoms with Gasteiger partial charge in [-0.2, -0.15) is 5.26 Å². The largest absolute Gasteiger partial charge is 0.382 e. The van der Waals surface area contributed by atoms with Crippen molar-refractivity contribution in [3.8, 4) is 17.3 Å². The fraction of sp³-hybridized carbons (Fsp3) is 0.241. The number of nitrogens with one attached hydrogen (secondary N) is 2. The second-order valence-electron chi connectivity index (χ2n) is 9.59. The molecule has 4 rings (SSSR count). The molecule has 0 aliphatic rings. The van der Waals surface area contributed by atoms with Gasteiger partial charge in [-0.1, -0.05) is 30.3 Å². The van der Waals surface area contributed by atoms with Crippen molar-refractivity contribution < 1.29 is 13.6 Å². The molecule has 0 aliphatic carbocycles. The summed E-state index contributed by atoms with van der Waals surface area (Å²) in [4.78, 5) is 30.3. The first-order valence-corrected chi connectivity index (χ1v) is 12.9. The number of aryl methyl sites for hydroxylation is 1. The van der Waals surface area contributed by atoms with E-state index in [4.69, 9.17) is 11.5 Å². The van der Waals surface area contributed by atoms with E-state index < -0.39 is 23.6 Å². The van der Waals surface area contributed by atoms with Crippen LogP contribution in [0.4, 0.5) is 20.4 Å². The second-order valence-corrected chi connectivity index (χ2v) is 9.59. The lowest BCUT2D eigenvalue weighted by molar-refractivity contribution is 0.0935. The van der Waals surface area contributed by atoms with Gasteiger partial charge < -0.3 is 22.1 Å². The number of hydrogen-bond donors (Lipinski definition) is 4. The molecule has 0 saturated carbocycles. The van der Waals surface area contributed by atoms with Gasteiger partial charge in [-0.25, -0.2) is 28.7 Å². The molecule has 0 aliphatic heterocycles. The third-order valence-electron chi connectivity index (χ3n) is 6.32. The Kier molecular flexibility index (Phi) is 9.11. The van der Waals surface area contributed by atoms with Gasteiger partial charge in [0.15, 0.2) is 28.8 Å². The van der Waals surface area contributed by atoms with E-state index in [1.807, 2.05) is 37.3 Å². The highest BCUT2D eigenvalue weighted by atomic mass is 19.2. The van der Waals surface area contributed by atoms with Crippen molar-refractivity contribution in [2.75, 3.05) is 11.1 Å².